The molecule has 0 saturated carbocycles. The predicted octanol–water partition coefficient (Wildman–Crippen LogP) is 4.05. The number of aromatic nitrogens is 1. The van der Waals surface area contributed by atoms with Crippen molar-refractivity contribution >= 4 is 0 Å². The fourth-order valence-corrected chi connectivity index (χ4v) is 3.21. The largest absolute Gasteiger partial charge is 0.490 e. The van der Waals surface area contributed by atoms with Crippen molar-refractivity contribution in [2.24, 2.45) is 0 Å². The number of hydrogen-bond donors (Lipinski definition) is 1. The van der Waals surface area contributed by atoms with Gasteiger partial charge in [-0.3, -0.25) is 4.79 Å². The van der Waals surface area contributed by atoms with E-state index in [0.717, 1.165) is 40.3 Å². The highest BCUT2D eigenvalue weighted by Gasteiger charge is 2.13. The van der Waals surface area contributed by atoms with Crippen LogP contribution in [0.3, 0.4) is 0 Å². The molecule has 3 aromatic rings. The SMILES string of the molecule is Cc1cc(-c2ccc(-c3ccc4c(c3)OCCCO4)cc2)c(C#N)c(=O)[nH]1. The van der Waals surface area contributed by atoms with E-state index >= 15 is 0 Å². The van der Waals surface area contributed by atoms with E-state index in [1.807, 2.05) is 54.6 Å². The van der Waals surface area contributed by atoms with Crippen LogP contribution in [0.1, 0.15) is 17.7 Å². The van der Waals surface area contributed by atoms with Crippen molar-refractivity contribution in [2.75, 3.05) is 13.2 Å². The maximum atomic E-state index is 12.0. The second-order valence-electron chi connectivity index (χ2n) is 6.47. The normalized spacial score (nSPS) is 12.9. The smallest absolute Gasteiger partial charge is 0.266 e. The zero-order valence-electron chi connectivity index (χ0n) is 14.9. The summed E-state index contributed by atoms with van der Waals surface area (Å²) in [5.74, 6) is 1.52. The lowest BCUT2D eigenvalue weighted by molar-refractivity contribution is 0.297. The molecule has 5 heteroatoms. The lowest BCUT2D eigenvalue weighted by atomic mass is 9.97. The number of aryl methyl sites for hydroxylation is 1. The number of benzene rings is 2. The van der Waals surface area contributed by atoms with Gasteiger partial charge in [0.1, 0.15) is 11.6 Å². The Hall–Kier alpha value is -3.52. The lowest BCUT2D eigenvalue weighted by Gasteiger charge is -2.10. The summed E-state index contributed by atoms with van der Waals surface area (Å²) in [6.07, 6.45) is 0.871. The Morgan fingerprint density at radius 1 is 0.926 bits per heavy atom. The summed E-state index contributed by atoms with van der Waals surface area (Å²) >= 11 is 0. The fraction of sp³-hybridized carbons (Fsp3) is 0.182. The van der Waals surface area contributed by atoms with E-state index in [9.17, 15) is 10.1 Å². The summed E-state index contributed by atoms with van der Waals surface area (Å²) in [6, 6.07) is 17.5. The van der Waals surface area contributed by atoms with Crippen LogP contribution >= 0.6 is 0 Å². The van der Waals surface area contributed by atoms with Crippen LogP contribution in [0, 0.1) is 18.3 Å². The number of rotatable bonds is 2. The van der Waals surface area contributed by atoms with Gasteiger partial charge in [-0.05, 0) is 41.8 Å². The van der Waals surface area contributed by atoms with Gasteiger partial charge in [-0.25, -0.2) is 0 Å². The molecule has 0 amide bonds. The van der Waals surface area contributed by atoms with Gasteiger partial charge in [0, 0.05) is 17.7 Å². The highest BCUT2D eigenvalue weighted by Crippen LogP contribution is 2.35. The van der Waals surface area contributed by atoms with Gasteiger partial charge in [0.25, 0.3) is 5.56 Å². The van der Waals surface area contributed by atoms with Crippen LogP contribution in [0.5, 0.6) is 11.5 Å². The third-order valence-corrected chi connectivity index (χ3v) is 4.56. The van der Waals surface area contributed by atoms with Crippen LogP contribution in [0.25, 0.3) is 22.3 Å². The maximum absolute atomic E-state index is 12.0. The third kappa shape index (κ3) is 3.30. The molecule has 27 heavy (non-hydrogen) atoms. The van der Waals surface area contributed by atoms with Gasteiger partial charge in [-0.2, -0.15) is 5.26 Å². The van der Waals surface area contributed by atoms with E-state index in [1.54, 1.807) is 6.92 Å². The Balaban J connectivity index is 1.71. The number of nitriles is 1. The molecule has 0 bridgehead atoms. The molecule has 2 heterocycles. The summed E-state index contributed by atoms with van der Waals surface area (Å²) in [7, 11) is 0. The average molecular weight is 358 g/mol. The van der Waals surface area contributed by atoms with E-state index < -0.39 is 0 Å². The van der Waals surface area contributed by atoms with Gasteiger partial charge in [0.2, 0.25) is 0 Å². The molecule has 1 aromatic heterocycles. The molecular weight excluding hydrogens is 340 g/mol. The quantitative estimate of drug-likeness (QED) is 0.750. The molecule has 134 valence electrons. The molecule has 4 rings (SSSR count). The molecule has 0 radical (unpaired) electrons. The monoisotopic (exact) mass is 358 g/mol. The molecule has 1 N–H and O–H groups in total. The third-order valence-electron chi connectivity index (χ3n) is 4.56. The second kappa shape index (κ2) is 7.00. The molecule has 0 aliphatic carbocycles. The van der Waals surface area contributed by atoms with Crippen LogP contribution in [0.4, 0.5) is 0 Å². The molecule has 0 spiro atoms. The van der Waals surface area contributed by atoms with Crippen molar-refractivity contribution in [2.45, 2.75) is 13.3 Å². The Labute approximate surface area is 156 Å². The predicted molar refractivity (Wildman–Crippen MR) is 103 cm³/mol. The van der Waals surface area contributed by atoms with Crippen LogP contribution < -0.4 is 15.0 Å². The Bertz CT molecular complexity index is 1090. The minimum atomic E-state index is -0.362. The molecule has 1 aliphatic heterocycles. The van der Waals surface area contributed by atoms with Gasteiger partial charge in [-0.15, -0.1) is 0 Å². The van der Waals surface area contributed by atoms with E-state index in [-0.39, 0.29) is 11.1 Å². The van der Waals surface area contributed by atoms with Crippen LogP contribution in [-0.4, -0.2) is 18.2 Å². The first kappa shape index (κ1) is 16.9. The number of pyridine rings is 1. The summed E-state index contributed by atoms with van der Waals surface area (Å²) in [5, 5.41) is 9.32. The molecular formula is C22H18N2O3. The number of H-pyrrole nitrogens is 1. The highest BCUT2D eigenvalue weighted by molar-refractivity contribution is 5.74. The van der Waals surface area contributed by atoms with Crippen molar-refractivity contribution in [3.05, 3.63) is 70.1 Å². The molecule has 0 fully saturated rings. The zero-order chi connectivity index (χ0) is 18.8. The Morgan fingerprint density at radius 3 is 2.33 bits per heavy atom. The van der Waals surface area contributed by atoms with Gasteiger partial charge < -0.3 is 14.5 Å². The second-order valence-corrected chi connectivity index (χ2v) is 6.47. The van der Waals surface area contributed by atoms with E-state index in [4.69, 9.17) is 9.47 Å². The first-order valence-corrected chi connectivity index (χ1v) is 8.80. The topological polar surface area (TPSA) is 75.1 Å². The molecule has 5 nitrogen and oxygen atoms in total. The average Bonchev–Trinajstić information content (AvgIpc) is 2.92. The minimum absolute atomic E-state index is 0.129. The number of hydrogen-bond acceptors (Lipinski definition) is 4. The van der Waals surface area contributed by atoms with E-state index in [1.165, 1.54) is 0 Å². The fourth-order valence-electron chi connectivity index (χ4n) is 3.21. The number of nitrogens with one attached hydrogen (secondary N) is 1. The van der Waals surface area contributed by atoms with Crippen LogP contribution in [0.2, 0.25) is 0 Å². The minimum Gasteiger partial charge on any atom is -0.490 e. The molecule has 2 aromatic carbocycles. The first-order valence-electron chi connectivity index (χ1n) is 8.80. The molecule has 0 atom stereocenters. The molecule has 1 aliphatic rings. The summed E-state index contributed by atoms with van der Waals surface area (Å²) in [4.78, 5) is 14.7. The summed E-state index contributed by atoms with van der Waals surface area (Å²) < 4.78 is 11.4. The van der Waals surface area contributed by atoms with Crippen molar-refractivity contribution < 1.29 is 9.47 Å². The Morgan fingerprint density at radius 2 is 1.59 bits per heavy atom. The van der Waals surface area contributed by atoms with Crippen molar-refractivity contribution in [3.8, 4) is 39.8 Å². The van der Waals surface area contributed by atoms with Gasteiger partial charge in [0.05, 0.1) is 13.2 Å². The van der Waals surface area contributed by atoms with Crippen LogP contribution in [-0.2, 0) is 0 Å². The first-order chi connectivity index (χ1) is 13.2. The van der Waals surface area contributed by atoms with Crippen molar-refractivity contribution in [3.63, 3.8) is 0 Å². The molecule has 0 unspecified atom stereocenters. The number of nitrogens with zero attached hydrogens (tertiary/aromatic N) is 1. The lowest BCUT2D eigenvalue weighted by Crippen LogP contribution is -2.12. The maximum Gasteiger partial charge on any atom is 0.266 e. The summed E-state index contributed by atoms with van der Waals surface area (Å²) in [6.45, 7) is 3.12. The standard InChI is InChI=1S/C22H18N2O3/c1-14-11-18(19(13-23)22(25)24-14)16-5-3-15(4-6-16)17-7-8-20-21(12-17)27-10-2-9-26-20/h3-8,11-12H,2,9-10H2,1H3,(H,24,25). The summed E-state index contributed by atoms with van der Waals surface area (Å²) in [5.41, 5.74) is 4.01. The van der Waals surface area contributed by atoms with Crippen LogP contribution in [0.15, 0.2) is 53.3 Å². The molecule has 0 saturated heterocycles. The van der Waals surface area contributed by atoms with Gasteiger partial charge >= 0.3 is 0 Å². The van der Waals surface area contributed by atoms with Gasteiger partial charge in [-0.1, -0.05) is 30.3 Å². The van der Waals surface area contributed by atoms with E-state index in [2.05, 4.69) is 4.98 Å². The number of fused-ring (bicyclic) bond motifs is 1. The zero-order valence-corrected chi connectivity index (χ0v) is 14.9. The van der Waals surface area contributed by atoms with Crippen molar-refractivity contribution in [1.82, 2.24) is 4.98 Å². The van der Waals surface area contributed by atoms with E-state index in [0.29, 0.717) is 18.8 Å². The number of ether oxygens (including phenoxy) is 2. The highest BCUT2D eigenvalue weighted by atomic mass is 16.5. The van der Waals surface area contributed by atoms with Crippen molar-refractivity contribution in [1.29, 1.82) is 5.26 Å². The number of aromatic amines is 1. The van der Waals surface area contributed by atoms with Gasteiger partial charge in [0.15, 0.2) is 11.5 Å². The Kier molecular flexibility index (Phi) is 4.39.